The molecule has 1 amide bonds. The van der Waals surface area contributed by atoms with Crippen molar-refractivity contribution in [3.05, 3.63) is 70.0 Å². The summed E-state index contributed by atoms with van der Waals surface area (Å²) in [6.45, 7) is -0.0667. The number of amides is 1. The van der Waals surface area contributed by atoms with Gasteiger partial charge in [-0.2, -0.15) is 0 Å². The first-order valence-corrected chi connectivity index (χ1v) is 8.17. The summed E-state index contributed by atoms with van der Waals surface area (Å²) in [5.74, 6) is -1.07. The third-order valence-electron chi connectivity index (χ3n) is 3.41. The lowest BCUT2D eigenvalue weighted by Gasteiger charge is -2.13. The minimum atomic E-state index is -0.696. The molecule has 0 spiro atoms. The molecular formula is C17H13Cl2FN4O2. The number of anilines is 1. The van der Waals surface area contributed by atoms with Crippen LogP contribution in [0.15, 0.2) is 42.9 Å². The molecule has 9 heteroatoms. The SMILES string of the molecule is Nc1cc(Cl)cc(Oc2c(Cl)ccc(CNC(=O)c3c[nH]cn3)c2F)c1. The van der Waals surface area contributed by atoms with E-state index in [9.17, 15) is 9.18 Å². The van der Waals surface area contributed by atoms with Crippen LogP contribution in [-0.2, 0) is 6.54 Å². The molecule has 1 heterocycles. The number of hydrogen-bond acceptors (Lipinski definition) is 4. The smallest absolute Gasteiger partial charge is 0.271 e. The Bertz CT molecular complexity index is 928. The maximum atomic E-state index is 14.8. The number of nitrogen functional groups attached to an aromatic ring is 1. The fraction of sp³-hybridized carbons (Fsp3) is 0.0588. The first kappa shape index (κ1) is 18.0. The number of imidazole rings is 1. The third kappa shape index (κ3) is 4.07. The minimum Gasteiger partial charge on any atom is -0.453 e. The Labute approximate surface area is 158 Å². The Morgan fingerprint density at radius 2 is 2.12 bits per heavy atom. The third-order valence-corrected chi connectivity index (χ3v) is 3.93. The highest BCUT2D eigenvalue weighted by Crippen LogP contribution is 2.35. The topological polar surface area (TPSA) is 93.0 Å². The molecule has 3 rings (SSSR count). The second kappa shape index (κ2) is 7.63. The predicted molar refractivity (Wildman–Crippen MR) is 97.1 cm³/mol. The molecule has 0 atom stereocenters. The molecule has 3 aromatic rings. The summed E-state index contributed by atoms with van der Waals surface area (Å²) in [6, 6.07) is 7.45. The van der Waals surface area contributed by atoms with Crippen LogP contribution in [0.1, 0.15) is 16.1 Å². The lowest BCUT2D eigenvalue weighted by molar-refractivity contribution is 0.0946. The molecule has 4 N–H and O–H groups in total. The maximum absolute atomic E-state index is 14.8. The highest BCUT2D eigenvalue weighted by Gasteiger charge is 2.16. The number of nitrogens with two attached hydrogens (primary N) is 1. The molecule has 0 bridgehead atoms. The number of carbonyl (C=O) groups excluding carboxylic acids is 1. The Morgan fingerprint density at radius 3 is 2.81 bits per heavy atom. The number of nitrogens with one attached hydrogen (secondary N) is 2. The number of ether oxygens (including phenoxy) is 1. The van der Waals surface area contributed by atoms with Gasteiger partial charge in [-0.1, -0.05) is 29.3 Å². The van der Waals surface area contributed by atoms with Crippen LogP contribution in [0.4, 0.5) is 10.1 Å². The zero-order chi connectivity index (χ0) is 18.7. The number of aromatic nitrogens is 2. The zero-order valence-corrected chi connectivity index (χ0v) is 14.7. The number of benzene rings is 2. The number of aromatic amines is 1. The van der Waals surface area contributed by atoms with E-state index in [2.05, 4.69) is 15.3 Å². The van der Waals surface area contributed by atoms with Crippen molar-refractivity contribution < 1.29 is 13.9 Å². The first-order valence-electron chi connectivity index (χ1n) is 7.42. The molecule has 0 radical (unpaired) electrons. The van der Waals surface area contributed by atoms with Crippen molar-refractivity contribution in [2.45, 2.75) is 6.54 Å². The number of H-pyrrole nitrogens is 1. The fourth-order valence-electron chi connectivity index (χ4n) is 2.22. The molecule has 0 unspecified atom stereocenters. The highest BCUT2D eigenvalue weighted by atomic mass is 35.5. The Hall–Kier alpha value is -2.77. The lowest BCUT2D eigenvalue weighted by atomic mass is 10.2. The number of carbonyl (C=O) groups is 1. The van der Waals surface area contributed by atoms with E-state index in [1.54, 1.807) is 0 Å². The van der Waals surface area contributed by atoms with Crippen LogP contribution >= 0.6 is 23.2 Å². The molecule has 0 saturated heterocycles. The van der Waals surface area contributed by atoms with Gasteiger partial charge in [-0.25, -0.2) is 9.37 Å². The molecule has 2 aromatic carbocycles. The van der Waals surface area contributed by atoms with Gasteiger partial charge in [0.05, 0.1) is 11.3 Å². The Morgan fingerprint density at radius 1 is 1.31 bits per heavy atom. The van der Waals surface area contributed by atoms with Crippen molar-refractivity contribution in [2.75, 3.05) is 5.73 Å². The van der Waals surface area contributed by atoms with E-state index in [0.29, 0.717) is 10.7 Å². The predicted octanol–water partition coefficient (Wildman–Crippen LogP) is 4.16. The van der Waals surface area contributed by atoms with Gasteiger partial charge in [0.25, 0.3) is 5.91 Å². The Kier molecular flexibility index (Phi) is 5.29. The molecule has 134 valence electrons. The molecule has 0 aliphatic rings. The summed E-state index contributed by atoms with van der Waals surface area (Å²) in [5.41, 5.74) is 6.46. The van der Waals surface area contributed by atoms with Gasteiger partial charge in [0.15, 0.2) is 11.6 Å². The van der Waals surface area contributed by atoms with Crippen molar-refractivity contribution in [3.63, 3.8) is 0 Å². The van der Waals surface area contributed by atoms with Crippen LogP contribution in [0, 0.1) is 5.82 Å². The van der Waals surface area contributed by atoms with Crippen LogP contribution in [0.25, 0.3) is 0 Å². The van der Waals surface area contributed by atoms with Gasteiger partial charge < -0.3 is 20.8 Å². The molecule has 0 aliphatic carbocycles. The summed E-state index contributed by atoms with van der Waals surface area (Å²) < 4.78 is 20.3. The van der Waals surface area contributed by atoms with Crippen molar-refractivity contribution in [3.8, 4) is 11.5 Å². The van der Waals surface area contributed by atoms with Gasteiger partial charge >= 0.3 is 0 Å². The van der Waals surface area contributed by atoms with E-state index in [0.717, 1.165) is 0 Å². The summed E-state index contributed by atoms with van der Waals surface area (Å²) in [7, 11) is 0. The van der Waals surface area contributed by atoms with Crippen molar-refractivity contribution in [2.24, 2.45) is 0 Å². The van der Waals surface area contributed by atoms with Gasteiger partial charge in [-0.05, 0) is 18.2 Å². The Balaban J connectivity index is 1.80. The summed E-state index contributed by atoms with van der Waals surface area (Å²) in [5, 5.41) is 2.99. The van der Waals surface area contributed by atoms with E-state index < -0.39 is 11.7 Å². The largest absolute Gasteiger partial charge is 0.453 e. The van der Waals surface area contributed by atoms with Crippen LogP contribution in [0.2, 0.25) is 10.0 Å². The van der Waals surface area contributed by atoms with E-state index in [4.69, 9.17) is 33.7 Å². The zero-order valence-electron chi connectivity index (χ0n) is 13.2. The fourth-order valence-corrected chi connectivity index (χ4v) is 2.63. The molecule has 0 aliphatic heterocycles. The van der Waals surface area contributed by atoms with Crippen molar-refractivity contribution in [1.82, 2.24) is 15.3 Å². The average molecular weight is 395 g/mol. The molecule has 0 saturated carbocycles. The molecule has 0 fully saturated rings. The summed E-state index contributed by atoms with van der Waals surface area (Å²) >= 11 is 12.0. The molecule has 1 aromatic heterocycles. The molecular weight excluding hydrogens is 382 g/mol. The van der Waals surface area contributed by atoms with Crippen LogP contribution < -0.4 is 15.8 Å². The number of hydrogen-bond donors (Lipinski definition) is 3. The van der Waals surface area contributed by atoms with Crippen molar-refractivity contribution >= 4 is 34.8 Å². The summed E-state index contributed by atoms with van der Waals surface area (Å²) in [6.07, 6.45) is 2.81. The van der Waals surface area contributed by atoms with Gasteiger partial charge in [0.1, 0.15) is 11.4 Å². The van der Waals surface area contributed by atoms with E-state index in [1.165, 1.54) is 42.9 Å². The maximum Gasteiger partial charge on any atom is 0.271 e. The number of rotatable bonds is 5. The monoisotopic (exact) mass is 394 g/mol. The van der Waals surface area contributed by atoms with Gasteiger partial charge in [-0.3, -0.25) is 4.79 Å². The summed E-state index contributed by atoms with van der Waals surface area (Å²) in [4.78, 5) is 18.4. The highest BCUT2D eigenvalue weighted by molar-refractivity contribution is 6.32. The van der Waals surface area contributed by atoms with Crippen LogP contribution in [-0.4, -0.2) is 15.9 Å². The quantitative estimate of drug-likeness (QED) is 0.566. The average Bonchev–Trinajstić information content (AvgIpc) is 3.11. The second-order valence-electron chi connectivity index (χ2n) is 5.31. The van der Waals surface area contributed by atoms with Gasteiger partial charge in [0, 0.05) is 35.1 Å². The number of nitrogens with zero attached hydrogens (tertiary/aromatic N) is 1. The standard InChI is InChI=1S/C17H13Cl2FN4O2/c18-10-3-11(21)5-12(4-10)26-16-13(19)2-1-9(15(16)20)6-23-17(25)14-7-22-8-24-14/h1-5,7-8H,6,21H2,(H,22,24)(H,23,25). The lowest BCUT2D eigenvalue weighted by Crippen LogP contribution is -2.23. The number of halogens is 3. The van der Waals surface area contributed by atoms with E-state index in [-0.39, 0.29) is 34.3 Å². The molecule has 6 nitrogen and oxygen atoms in total. The minimum absolute atomic E-state index is 0.0667. The molecule has 26 heavy (non-hydrogen) atoms. The van der Waals surface area contributed by atoms with Crippen LogP contribution in [0.5, 0.6) is 11.5 Å². The van der Waals surface area contributed by atoms with Gasteiger partial charge in [0.2, 0.25) is 0 Å². The van der Waals surface area contributed by atoms with E-state index >= 15 is 0 Å². The van der Waals surface area contributed by atoms with Crippen LogP contribution in [0.3, 0.4) is 0 Å². The second-order valence-corrected chi connectivity index (χ2v) is 6.15. The normalized spacial score (nSPS) is 10.6. The van der Waals surface area contributed by atoms with Crippen molar-refractivity contribution in [1.29, 1.82) is 0 Å². The van der Waals surface area contributed by atoms with E-state index in [1.807, 2.05) is 0 Å². The van der Waals surface area contributed by atoms with Gasteiger partial charge in [-0.15, -0.1) is 0 Å². The first-order chi connectivity index (χ1) is 12.4.